The Kier molecular flexibility index (Phi) is 6.03. The highest BCUT2D eigenvalue weighted by Crippen LogP contribution is 2.39. The first kappa shape index (κ1) is 23.3. The lowest BCUT2D eigenvalue weighted by molar-refractivity contribution is -0.141. The second kappa shape index (κ2) is 8.81. The number of rotatable bonds is 5. The number of alkyl halides is 3. The molecule has 0 aliphatic rings. The van der Waals surface area contributed by atoms with E-state index in [1.54, 1.807) is 18.6 Å². The van der Waals surface area contributed by atoms with Crippen LogP contribution < -0.4 is 5.73 Å². The van der Waals surface area contributed by atoms with E-state index in [1.165, 1.54) is 6.07 Å². The maximum Gasteiger partial charge on any atom is 0.435 e. The third-order valence-electron chi connectivity index (χ3n) is 6.19. The van der Waals surface area contributed by atoms with Gasteiger partial charge in [0.25, 0.3) is 0 Å². The third-order valence-corrected chi connectivity index (χ3v) is 6.19. The standard InChI is InChI=1S/C25H23F3N6/c1-15(2)24(3,21-10-6-17(12-30-21)18-13-31-23(29)32-14-18)19-7-4-16(5-8-19)20-9-11-22(34-33-20)25(26,27)28/h4-15H,1-3H3,(H2,29,31,32). The Hall–Kier alpha value is -3.88. The van der Waals surface area contributed by atoms with Gasteiger partial charge < -0.3 is 5.73 Å². The number of hydrogen-bond donors (Lipinski definition) is 1. The van der Waals surface area contributed by atoms with E-state index in [-0.39, 0.29) is 11.9 Å². The lowest BCUT2D eigenvalue weighted by Crippen LogP contribution is -2.31. The largest absolute Gasteiger partial charge is 0.435 e. The number of nitrogen functional groups attached to an aromatic ring is 1. The molecule has 0 saturated heterocycles. The molecule has 4 aromatic rings. The van der Waals surface area contributed by atoms with E-state index in [0.717, 1.165) is 28.5 Å². The topological polar surface area (TPSA) is 90.5 Å². The predicted molar refractivity (Wildman–Crippen MR) is 123 cm³/mol. The maximum atomic E-state index is 12.8. The van der Waals surface area contributed by atoms with E-state index >= 15 is 0 Å². The molecule has 0 aliphatic heterocycles. The van der Waals surface area contributed by atoms with E-state index in [0.29, 0.717) is 11.3 Å². The fourth-order valence-electron chi connectivity index (χ4n) is 3.76. The Balaban J connectivity index is 1.63. The maximum absolute atomic E-state index is 12.8. The van der Waals surface area contributed by atoms with Crippen LogP contribution in [0.5, 0.6) is 0 Å². The molecular formula is C25H23F3N6. The molecule has 0 spiro atoms. The second-order valence-corrected chi connectivity index (χ2v) is 8.50. The summed E-state index contributed by atoms with van der Waals surface area (Å²) in [6.45, 7) is 6.37. The number of benzene rings is 1. The van der Waals surface area contributed by atoms with Crippen LogP contribution in [-0.4, -0.2) is 25.1 Å². The van der Waals surface area contributed by atoms with Crippen LogP contribution in [0.25, 0.3) is 22.4 Å². The smallest absolute Gasteiger partial charge is 0.368 e. The minimum atomic E-state index is -4.52. The molecule has 34 heavy (non-hydrogen) atoms. The molecule has 0 fully saturated rings. The zero-order valence-electron chi connectivity index (χ0n) is 18.9. The van der Waals surface area contributed by atoms with Crippen LogP contribution in [-0.2, 0) is 11.6 Å². The zero-order valence-corrected chi connectivity index (χ0v) is 18.9. The Labute approximate surface area is 195 Å². The average Bonchev–Trinajstić information content (AvgIpc) is 2.84. The van der Waals surface area contributed by atoms with E-state index in [1.807, 2.05) is 36.4 Å². The number of nitrogens with two attached hydrogens (primary N) is 1. The fourth-order valence-corrected chi connectivity index (χ4v) is 3.76. The van der Waals surface area contributed by atoms with Crippen molar-refractivity contribution >= 4 is 5.95 Å². The summed E-state index contributed by atoms with van der Waals surface area (Å²) in [5, 5.41) is 7.05. The van der Waals surface area contributed by atoms with Gasteiger partial charge in [-0.3, -0.25) is 4.98 Å². The van der Waals surface area contributed by atoms with E-state index < -0.39 is 17.3 Å². The van der Waals surface area contributed by atoms with Gasteiger partial charge in [-0.25, -0.2) is 9.97 Å². The molecule has 0 bridgehead atoms. The first-order valence-corrected chi connectivity index (χ1v) is 10.7. The van der Waals surface area contributed by atoms with E-state index in [9.17, 15) is 13.2 Å². The minimum absolute atomic E-state index is 0.211. The van der Waals surface area contributed by atoms with Gasteiger partial charge in [0.15, 0.2) is 5.69 Å². The van der Waals surface area contributed by atoms with Crippen molar-refractivity contribution < 1.29 is 13.2 Å². The lowest BCUT2D eigenvalue weighted by Gasteiger charge is -2.34. The minimum Gasteiger partial charge on any atom is -0.368 e. The number of anilines is 1. The molecule has 6 nitrogen and oxygen atoms in total. The highest BCUT2D eigenvalue weighted by Gasteiger charge is 2.34. The molecular weight excluding hydrogens is 441 g/mol. The predicted octanol–water partition coefficient (Wildman–Crippen LogP) is 5.56. The molecule has 1 unspecified atom stereocenters. The van der Waals surface area contributed by atoms with Crippen LogP contribution in [0.2, 0.25) is 0 Å². The van der Waals surface area contributed by atoms with Gasteiger partial charge in [0.05, 0.1) is 11.4 Å². The van der Waals surface area contributed by atoms with Crippen molar-refractivity contribution in [3.63, 3.8) is 0 Å². The molecule has 0 radical (unpaired) electrons. The van der Waals surface area contributed by atoms with Crippen LogP contribution in [0.15, 0.2) is 67.1 Å². The number of halogens is 3. The van der Waals surface area contributed by atoms with Gasteiger partial charge in [0, 0.05) is 40.7 Å². The van der Waals surface area contributed by atoms with Gasteiger partial charge in [0.1, 0.15) is 0 Å². The molecule has 1 aromatic carbocycles. The van der Waals surface area contributed by atoms with Crippen LogP contribution >= 0.6 is 0 Å². The molecule has 174 valence electrons. The quantitative estimate of drug-likeness (QED) is 0.416. The van der Waals surface area contributed by atoms with E-state index in [2.05, 4.69) is 40.9 Å². The first-order chi connectivity index (χ1) is 16.1. The Morgan fingerprint density at radius 2 is 1.29 bits per heavy atom. The van der Waals surface area contributed by atoms with Gasteiger partial charge in [-0.2, -0.15) is 13.2 Å². The number of aromatic nitrogens is 5. The van der Waals surface area contributed by atoms with Gasteiger partial charge in [-0.05, 0) is 36.6 Å². The molecule has 2 N–H and O–H groups in total. The van der Waals surface area contributed by atoms with Crippen molar-refractivity contribution in [1.29, 1.82) is 0 Å². The molecule has 0 aliphatic carbocycles. The monoisotopic (exact) mass is 464 g/mol. The molecule has 3 heterocycles. The second-order valence-electron chi connectivity index (χ2n) is 8.50. The zero-order chi connectivity index (χ0) is 24.5. The van der Waals surface area contributed by atoms with Gasteiger partial charge in [-0.15, -0.1) is 10.2 Å². The summed E-state index contributed by atoms with van der Waals surface area (Å²) >= 11 is 0. The fraction of sp³-hybridized carbons (Fsp3) is 0.240. The molecule has 3 aromatic heterocycles. The highest BCUT2D eigenvalue weighted by atomic mass is 19.4. The number of nitrogens with zero attached hydrogens (tertiary/aromatic N) is 5. The van der Waals surface area contributed by atoms with Crippen LogP contribution in [0.1, 0.15) is 37.7 Å². The molecule has 1 atom stereocenters. The number of hydrogen-bond acceptors (Lipinski definition) is 6. The Bertz CT molecular complexity index is 1250. The van der Waals surface area contributed by atoms with Crippen LogP contribution in [0, 0.1) is 5.92 Å². The van der Waals surface area contributed by atoms with E-state index in [4.69, 9.17) is 10.7 Å². The summed E-state index contributed by atoms with van der Waals surface area (Å²) in [6.07, 6.45) is 0.585. The summed E-state index contributed by atoms with van der Waals surface area (Å²) in [5.74, 6) is 0.425. The summed E-state index contributed by atoms with van der Waals surface area (Å²) in [7, 11) is 0. The van der Waals surface area contributed by atoms with Crippen molar-refractivity contribution in [2.45, 2.75) is 32.4 Å². The van der Waals surface area contributed by atoms with Crippen molar-refractivity contribution in [3.05, 3.63) is 84.1 Å². The van der Waals surface area contributed by atoms with Crippen LogP contribution in [0.3, 0.4) is 0 Å². The summed E-state index contributed by atoms with van der Waals surface area (Å²) in [6, 6.07) is 13.8. The Morgan fingerprint density at radius 1 is 0.706 bits per heavy atom. The molecule has 0 saturated carbocycles. The highest BCUT2D eigenvalue weighted by molar-refractivity contribution is 5.62. The molecule has 0 amide bonds. The summed E-state index contributed by atoms with van der Waals surface area (Å²) < 4.78 is 38.3. The molecule has 9 heteroatoms. The normalized spacial score (nSPS) is 13.6. The van der Waals surface area contributed by atoms with Crippen molar-refractivity contribution in [3.8, 4) is 22.4 Å². The van der Waals surface area contributed by atoms with Gasteiger partial charge in [0.2, 0.25) is 5.95 Å². The van der Waals surface area contributed by atoms with Gasteiger partial charge >= 0.3 is 6.18 Å². The van der Waals surface area contributed by atoms with Crippen LogP contribution in [0.4, 0.5) is 19.1 Å². The van der Waals surface area contributed by atoms with Crippen molar-refractivity contribution in [1.82, 2.24) is 25.1 Å². The van der Waals surface area contributed by atoms with Crippen molar-refractivity contribution in [2.75, 3.05) is 5.73 Å². The summed E-state index contributed by atoms with van der Waals surface area (Å²) in [5.41, 5.74) is 8.83. The Morgan fingerprint density at radius 3 is 1.79 bits per heavy atom. The lowest BCUT2D eigenvalue weighted by atomic mass is 9.70. The molecule has 4 rings (SSSR count). The number of pyridine rings is 1. The first-order valence-electron chi connectivity index (χ1n) is 10.7. The van der Waals surface area contributed by atoms with Crippen molar-refractivity contribution in [2.24, 2.45) is 5.92 Å². The SMILES string of the molecule is CC(C)C(C)(c1ccc(-c2ccc(C(F)(F)F)nn2)cc1)c1ccc(-c2cnc(N)nc2)cn1. The van der Waals surface area contributed by atoms with Gasteiger partial charge in [-0.1, -0.05) is 44.2 Å². The third kappa shape index (κ3) is 4.46. The average molecular weight is 464 g/mol. The summed E-state index contributed by atoms with van der Waals surface area (Å²) in [4.78, 5) is 12.8.